The number of aromatic amines is 1. The highest BCUT2D eigenvalue weighted by atomic mass is 16.5. The smallest absolute Gasteiger partial charge is 0.332 e. The summed E-state index contributed by atoms with van der Waals surface area (Å²) in [6.07, 6.45) is 0.634. The zero-order valence-electron chi connectivity index (χ0n) is 23.0. The quantitative estimate of drug-likeness (QED) is 0.242. The molecule has 0 bridgehead atoms. The lowest BCUT2D eigenvalue weighted by atomic mass is 9.87. The van der Waals surface area contributed by atoms with Crippen molar-refractivity contribution in [3.63, 3.8) is 0 Å². The maximum Gasteiger partial charge on any atom is 0.332 e. The molecular weight excluding hydrogens is 528 g/mol. The molecular formula is C34H28N4O4. The number of anilines is 2. The number of para-hydroxylation sites is 2. The highest BCUT2D eigenvalue weighted by molar-refractivity contribution is 6.26. The molecule has 0 spiro atoms. The Labute approximate surface area is 242 Å². The highest BCUT2D eigenvalue weighted by Crippen LogP contribution is 2.45. The summed E-state index contributed by atoms with van der Waals surface area (Å²) in [6.45, 7) is 2.62. The maximum absolute atomic E-state index is 14.1. The Hall–Kier alpha value is -5.37. The number of imide groups is 1. The number of amides is 4. The molecule has 5 aromatic rings. The first-order valence-corrected chi connectivity index (χ1v) is 13.9. The Morgan fingerprint density at radius 3 is 2.43 bits per heavy atom. The summed E-state index contributed by atoms with van der Waals surface area (Å²) in [7, 11) is 0. The number of urea groups is 1. The average Bonchev–Trinajstić information content (AvgIpc) is 3.50. The fraction of sp³-hybridized carbons (Fsp3) is 0.147. The molecule has 1 saturated heterocycles. The van der Waals surface area contributed by atoms with Gasteiger partial charge in [-0.05, 0) is 66.9 Å². The molecule has 1 unspecified atom stereocenters. The summed E-state index contributed by atoms with van der Waals surface area (Å²) in [5.74, 6) is -0.141. The predicted molar refractivity (Wildman–Crippen MR) is 161 cm³/mol. The van der Waals surface area contributed by atoms with Crippen LogP contribution in [-0.4, -0.2) is 34.3 Å². The molecule has 4 amide bonds. The number of ether oxygens (including phenoxy) is 1. The average molecular weight is 557 g/mol. The number of hydrogen-bond acceptors (Lipinski definition) is 4. The molecule has 8 nitrogen and oxygen atoms in total. The molecule has 1 fully saturated rings. The Morgan fingerprint density at radius 2 is 1.62 bits per heavy atom. The minimum Gasteiger partial charge on any atom is -0.489 e. The lowest BCUT2D eigenvalue weighted by Crippen LogP contribution is -2.49. The van der Waals surface area contributed by atoms with Crippen molar-refractivity contribution in [1.29, 1.82) is 0 Å². The number of aromatic nitrogens is 1. The van der Waals surface area contributed by atoms with E-state index in [1.165, 1.54) is 0 Å². The molecule has 2 aliphatic rings. The molecule has 2 N–H and O–H groups in total. The summed E-state index contributed by atoms with van der Waals surface area (Å²) in [4.78, 5) is 47.6. The van der Waals surface area contributed by atoms with Gasteiger partial charge in [-0.1, -0.05) is 60.7 Å². The summed E-state index contributed by atoms with van der Waals surface area (Å²) in [5.41, 5.74) is 3.60. The van der Waals surface area contributed by atoms with Gasteiger partial charge in [0, 0.05) is 23.1 Å². The van der Waals surface area contributed by atoms with E-state index in [4.69, 9.17) is 4.74 Å². The largest absolute Gasteiger partial charge is 0.489 e. The molecule has 0 saturated carbocycles. The van der Waals surface area contributed by atoms with E-state index in [2.05, 4.69) is 10.3 Å². The summed E-state index contributed by atoms with van der Waals surface area (Å²) in [6, 6.07) is 31.1. The third kappa shape index (κ3) is 4.03. The number of rotatable bonds is 6. The first-order valence-electron chi connectivity index (χ1n) is 13.9. The molecule has 8 heteroatoms. The van der Waals surface area contributed by atoms with Crippen molar-refractivity contribution in [2.24, 2.45) is 0 Å². The molecule has 1 aromatic heterocycles. The molecule has 2 aliphatic heterocycles. The van der Waals surface area contributed by atoms with Crippen LogP contribution in [0.2, 0.25) is 0 Å². The van der Waals surface area contributed by atoms with Crippen molar-refractivity contribution in [3.8, 4) is 5.75 Å². The molecule has 42 heavy (non-hydrogen) atoms. The third-order valence-corrected chi connectivity index (χ3v) is 8.22. The zero-order valence-corrected chi connectivity index (χ0v) is 23.0. The van der Waals surface area contributed by atoms with Crippen LogP contribution in [-0.2, 0) is 23.4 Å². The van der Waals surface area contributed by atoms with Gasteiger partial charge in [0.25, 0.3) is 11.8 Å². The number of carbonyl (C=O) groups is 3. The van der Waals surface area contributed by atoms with Crippen molar-refractivity contribution in [2.45, 2.75) is 25.5 Å². The van der Waals surface area contributed by atoms with Crippen LogP contribution < -0.4 is 15.0 Å². The van der Waals surface area contributed by atoms with Crippen LogP contribution in [0.3, 0.4) is 0 Å². The summed E-state index contributed by atoms with van der Waals surface area (Å²) >= 11 is 0. The van der Waals surface area contributed by atoms with Gasteiger partial charge in [0.2, 0.25) is 0 Å². The Kier molecular flexibility index (Phi) is 6.04. The number of nitrogens with zero attached hydrogens (tertiary/aromatic N) is 2. The fourth-order valence-corrected chi connectivity index (χ4v) is 6.04. The Morgan fingerprint density at radius 1 is 0.905 bits per heavy atom. The van der Waals surface area contributed by atoms with E-state index in [1.807, 2.05) is 54.6 Å². The maximum atomic E-state index is 14.1. The molecule has 1 atom stereocenters. The number of carbonyl (C=O) groups excluding carboxylic acids is 3. The van der Waals surface area contributed by atoms with Crippen molar-refractivity contribution < 1.29 is 19.1 Å². The fourth-order valence-electron chi connectivity index (χ4n) is 6.04. The zero-order chi connectivity index (χ0) is 28.8. The molecule has 0 aliphatic carbocycles. The van der Waals surface area contributed by atoms with E-state index in [1.54, 1.807) is 60.4 Å². The van der Waals surface area contributed by atoms with Crippen molar-refractivity contribution in [3.05, 3.63) is 126 Å². The lowest BCUT2D eigenvalue weighted by Gasteiger charge is -2.35. The van der Waals surface area contributed by atoms with Crippen molar-refractivity contribution in [2.75, 3.05) is 16.8 Å². The van der Waals surface area contributed by atoms with Crippen LogP contribution in [0.1, 0.15) is 34.1 Å². The minimum absolute atomic E-state index is 0.226. The second-order valence-corrected chi connectivity index (χ2v) is 10.7. The van der Waals surface area contributed by atoms with Gasteiger partial charge < -0.3 is 19.9 Å². The molecule has 0 radical (unpaired) electrons. The van der Waals surface area contributed by atoms with Crippen LogP contribution >= 0.6 is 0 Å². The highest BCUT2D eigenvalue weighted by Gasteiger charge is 2.59. The molecule has 3 heterocycles. The van der Waals surface area contributed by atoms with E-state index in [0.717, 1.165) is 32.6 Å². The summed E-state index contributed by atoms with van der Waals surface area (Å²) in [5, 5.41) is 3.95. The lowest BCUT2D eigenvalue weighted by molar-refractivity contribution is -0.125. The Bertz CT molecular complexity index is 1850. The number of fused-ring (bicyclic) bond motifs is 5. The molecule has 4 aromatic carbocycles. The second-order valence-electron chi connectivity index (χ2n) is 10.7. The van der Waals surface area contributed by atoms with E-state index in [9.17, 15) is 14.4 Å². The minimum atomic E-state index is -1.21. The molecule has 7 rings (SSSR count). The summed E-state index contributed by atoms with van der Waals surface area (Å²) < 4.78 is 5.85. The van der Waals surface area contributed by atoms with Gasteiger partial charge in [-0.2, -0.15) is 0 Å². The topological polar surface area (TPSA) is 94.7 Å². The predicted octanol–water partition coefficient (Wildman–Crippen LogP) is 6.24. The third-order valence-electron chi connectivity index (χ3n) is 8.22. The van der Waals surface area contributed by atoms with Gasteiger partial charge in [0.1, 0.15) is 12.4 Å². The normalized spacial score (nSPS) is 17.7. The number of nitrogens with one attached hydrogen (secondary N) is 2. The van der Waals surface area contributed by atoms with Crippen molar-refractivity contribution >= 4 is 40.1 Å². The standard InChI is InChI=1S/C34H28N4O4/c1-34-30-26(25-11-5-7-13-28(25)36-30)19-20-37(34)33(41)38(32(34)40)29-14-8-6-12-27(29)31(39)35-23-15-17-24(18-16-23)42-21-22-9-3-2-4-10-22/h2-18,36H,19-21H2,1H3,(H,35,39). The first-order chi connectivity index (χ1) is 20.4. The van der Waals surface area contributed by atoms with Gasteiger partial charge in [0.05, 0.1) is 16.9 Å². The first kappa shape index (κ1) is 25.6. The monoisotopic (exact) mass is 556 g/mol. The van der Waals surface area contributed by atoms with Gasteiger partial charge in [-0.3, -0.25) is 9.59 Å². The van der Waals surface area contributed by atoms with E-state index in [0.29, 0.717) is 31.0 Å². The van der Waals surface area contributed by atoms with E-state index < -0.39 is 17.5 Å². The van der Waals surface area contributed by atoms with Crippen LogP contribution in [0.5, 0.6) is 5.75 Å². The number of hydrogen-bond donors (Lipinski definition) is 2. The van der Waals surface area contributed by atoms with Crippen LogP contribution in [0, 0.1) is 0 Å². The second kappa shape index (κ2) is 9.92. The van der Waals surface area contributed by atoms with Crippen LogP contribution in [0.4, 0.5) is 16.2 Å². The Balaban J connectivity index is 1.14. The van der Waals surface area contributed by atoms with Gasteiger partial charge in [0.15, 0.2) is 5.54 Å². The molecule has 208 valence electrons. The van der Waals surface area contributed by atoms with E-state index in [-0.39, 0.29) is 17.2 Å². The van der Waals surface area contributed by atoms with Gasteiger partial charge in [-0.25, -0.2) is 9.69 Å². The van der Waals surface area contributed by atoms with Crippen LogP contribution in [0.15, 0.2) is 103 Å². The van der Waals surface area contributed by atoms with Gasteiger partial charge >= 0.3 is 6.03 Å². The van der Waals surface area contributed by atoms with Crippen LogP contribution in [0.25, 0.3) is 10.9 Å². The SMILES string of the molecule is CC12C(=O)N(c3ccccc3C(=O)Nc3ccc(OCc4ccccc4)cc3)C(=O)N1CCc1c2[nH]c2ccccc12. The number of benzene rings is 4. The number of H-pyrrole nitrogens is 1. The van der Waals surface area contributed by atoms with E-state index >= 15 is 0 Å². The van der Waals surface area contributed by atoms with Gasteiger partial charge in [-0.15, -0.1) is 0 Å². The van der Waals surface area contributed by atoms with Crippen molar-refractivity contribution in [1.82, 2.24) is 9.88 Å².